The Kier molecular flexibility index (Phi) is 4.40. The highest BCUT2D eigenvalue weighted by molar-refractivity contribution is 5.53. The van der Waals surface area contributed by atoms with Crippen LogP contribution < -0.4 is 10.6 Å². The third kappa shape index (κ3) is 3.20. The molecule has 0 bridgehead atoms. The third-order valence-corrected chi connectivity index (χ3v) is 3.30. The molecule has 17 heavy (non-hydrogen) atoms. The van der Waals surface area contributed by atoms with Crippen LogP contribution in [0.1, 0.15) is 18.4 Å². The van der Waals surface area contributed by atoms with Crippen molar-refractivity contribution in [3.63, 3.8) is 0 Å². The first-order chi connectivity index (χ1) is 8.31. The van der Waals surface area contributed by atoms with Gasteiger partial charge in [-0.1, -0.05) is 18.2 Å². The Labute approximate surface area is 104 Å². The van der Waals surface area contributed by atoms with Gasteiger partial charge in [0, 0.05) is 25.4 Å². The summed E-state index contributed by atoms with van der Waals surface area (Å²) in [4.78, 5) is 2.42. The van der Waals surface area contributed by atoms with Crippen molar-refractivity contribution in [1.82, 2.24) is 0 Å². The van der Waals surface area contributed by atoms with Gasteiger partial charge in [0.1, 0.15) is 0 Å². The maximum Gasteiger partial charge on any atom is 0.0766 e. The highest BCUT2D eigenvalue weighted by Crippen LogP contribution is 2.24. The molecule has 1 fully saturated rings. The number of nitrogens with two attached hydrogens (primary N) is 1. The minimum Gasteiger partial charge on any atom is -0.376 e. The predicted octanol–water partition coefficient (Wildman–Crippen LogP) is 1.94. The maximum atomic E-state index is 5.81. The van der Waals surface area contributed by atoms with Crippen molar-refractivity contribution in [1.29, 1.82) is 0 Å². The van der Waals surface area contributed by atoms with E-state index in [4.69, 9.17) is 10.5 Å². The molecule has 0 amide bonds. The quantitative estimate of drug-likeness (QED) is 0.791. The monoisotopic (exact) mass is 234 g/mol. The van der Waals surface area contributed by atoms with Crippen LogP contribution in [0.25, 0.3) is 0 Å². The summed E-state index contributed by atoms with van der Waals surface area (Å²) in [6.07, 6.45) is 2.46. The van der Waals surface area contributed by atoms with Crippen LogP contribution in [0.2, 0.25) is 0 Å². The molecule has 94 valence electrons. The van der Waals surface area contributed by atoms with Gasteiger partial charge in [0.25, 0.3) is 0 Å². The zero-order chi connectivity index (χ0) is 12.1. The number of para-hydroxylation sites is 1. The largest absolute Gasteiger partial charge is 0.376 e. The van der Waals surface area contributed by atoms with Crippen LogP contribution in [0.4, 0.5) is 5.69 Å². The lowest BCUT2D eigenvalue weighted by molar-refractivity contribution is 0.0676. The first-order valence-electron chi connectivity index (χ1n) is 6.43. The molecule has 0 spiro atoms. The highest BCUT2D eigenvalue weighted by atomic mass is 16.5. The van der Waals surface area contributed by atoms with Crippen molar-refractivity contribution < 1.29 is 4.74 Å². The molecule has 3 nitrogen and oxygen atoms in total. The first kappa shape index (κ1) is 12.4. The smallest absolute Gasteiger partial charge is 0.0766 e. The molecular weight excluding hydrogens is 212 g/mol. The Balaban J connectivity index is 1.87. The van der Waals surface area contributed by atoms with Gasteiger partial charge in [0.15, 0.2) is 0 Å². The molecule has 1 heterocycles. The summed E-state index contributed by atoms with van der Waals surface area (Å²) in [5, 5.41) is 0. The SMILES string of the molecule is Cc1ccccc1N1CCC(OCCCN)C1. The summed E-state index contributed by atoms with van der Waals surface area (Å²) in [6, 6.07) is 8.55. The number of aryl methyl sites for hydroxylation is 1. The van der Waals surface area contributed by atoms with Gasteiger partial charge in [-0.3, -0.25) is 0 Å². The molecule has 0 aliphatic carbocycles. The molecule has 2 rings (SSSR count). The van der Waals surface area contributed by atoms with Crippen molar-refractivity contribution in [3.05, 3.63) is 29.8 Å². The lowest BCUT2D eigenvalue weighted by Gasteiger charge is -2.20. The van der Waals surface area contributed by atoms with Crippen LogP contribution >= 0.6 is 0 Å². The van der Waals surface area contributed by atoms with Gasteiger partial charge in [0.05, 0.1) is 6.10 Å². The molecule has 0 radical (unpaired) electrons. The summed E-state index contributed by atoms with van der Waals surface area (Å²) >= 11 is 0. The van der Waals surface area contributed by atoms with Crippen molar-refractivity contribution in [2.45, 2.75) is 25.9 Å². The molecule has 1 aliphatic rings. The van der Waals surface area contributed by atoms with Gasteiger partial charge in [-0.2, -0.15) is 0 Å². The fourth-order valence-corrected chi connectivity index (χ4v) is 2.33. The van der Waals surface area contributed by atoms with Crippen molar-refractivity contribution in [2.75, 3.05) is 31.1 Å². The minimum absolute atomic E-state index is 0.376. The molecule has 1 aliphatic heterocycles. The van der Waals surface area contributed by atoms with Crippen LogP contribution in [0.3, 0.4) is 0 Å². The number of nitrogens with zero attached hydrogens (tertiary/aromatic N) is 1. The zero-order valence-electron chi connectivity index (χ0n) is 10.6. The van der Waals surface area contributed by atoms with Gasteiger partial charge in [-0.25, -0.2) is 0 Å². The van der Waals surface area contributed by atoms with Crippen molar-refractivity contribution in [2.24, 2.45) is 5.73 Å². The molecular formula is C14H22N2O. The van der Waals surface area contributed by atoms with E-state index in [1.54, 1.807) is 0 Å². The van der Waals surface area contributed by atoms with E-state index in [1.807, 2.05) is 0 Å². The van der Waals surface area contributed by atoms with Gasteiger partial charge in [0.2, 0.25) is 0 Å². The van der Waals surface area contributed by atoms with Crippen LogP contribution in [-0.4, -0.2) is 32.3 Å². The number of hydrogen-bond donors (Lipinski definition) is 1. The molecule has 0 aromatic heterocycles. The Morgan fingerprint density at radius 2 is 2.24 bits per heavy atom. The summed E-state index contributed by atoms with van der Waals surface area (Å²) in [5.74, 6) is 0. The summed E-state index contributed by atoms with van der Waals surface area (Å²) < 4.78 is 5.81. The summed E-state index contributed by atoms with van der Waals surface area (Å²) in [6.45, 7) is 5.78. The maximum absolute atomic E-state index is 5.81. The molecule has 3 heteroatoms. The summed E-state index contributed by atoms with van der Waals surface area (Å²) in [7, 11) is 0. The number of hydrogen-bond acceptors (Lipinski definition) is 3. The Morgan fingerprint density at radius 1 is 1.41 bits per heavy atom. The second-order valence-electron chi connectivity index (χ2n) is 4.66. The van der Waals surface area contributed by atoms with Crippen LogP contribution in [0.15, 0.2) is 24.3 Å². The van der Waals surface area contributed by atoms with Crippen molar-refractivity contribution >= 4 is 5.69 Å². The fourth-order valence-electron chi connectivity index (χ4n) is 2.33. The topological polar surface area (TPSA) is 38.5 Å². The Morgan fingerprint density at radius 3 is 3.00 bits per heavy atom. The minimum atomic E-state index is 0.376. The Bertz CT molecular complexity index is 354. The second-order valence-corrected chi connectivity index (χ2v) is 4.66. The van der Waals surface area contributed by atoms with E-state index in [-0.39, 0.29) is 0 Å². The lowest BCUT2D eigenvalue weighted by atomic mass is 10.2. The third-order valence-electron chi connectivity index (χ3n) is 3.30. The average Bonchev–Trinajstić information content (AvgIpc) is 2.79. The van der Waals surface area contributed by atoms with E-state index in [1.165, 1.54) is 11.3 Å². The van der Waals surface area contributed by atoms with E-state index in [2.05, 4.69) is 36.1 Å². The lowest BCUT2D eigenvalue weighted by Crippen LogP contribution is -2.24. The van der Waals surface area contributed by atoms with Crippen molar-refractivity contribution in [3.8, 4) is 0 Å². The number of benzene rings is 1. The molecule has 1 unspecified atom stereocenters. The molecule has 1 atom stereocenters. The molecule has 2 N–H and O–H groups in total. The fraction of sp³-hybridized carbons (Fsp3) is 0.571. The number of rotatable bonds is 5. The number of anilines is 1. The van der Waals surface area contributed by atoms with E-state index in [0.717, 1.165) is 32.5 Å². The van der Waals surface area contributed by atoms with E-state index >= 15 is 0 Å². The summed E-state index contributed by atoms with van der Waals surface area (Å²) in [5.41, 5.74) is 8.15. The highest BCUT2D eigenvalue weighted by Gasteiger charge is 2.23. The van der Waals surface area contributed by atoms with E-state index in [0.29, 0.717) is 12.6 Å². The molecule has 1 aromatic rings. The van der Waals surface area contributed by atoms with Crippen LogP contribution in [0.5, 0.6) is 0 Å². The van der Waals surface area contributed by atoms with Crippen LogP contribution in [0, 0.1) is 6.92 Å². The van der Waals surface area contributed by atoms with Gasteiger partial charge in [-0.05, 0) is 37.9 Å². The average molecular weight is 234 g/mol. The van der Waals surface area contributed by atoms with Gasteiger partial charge < -0.3 is 15.4 Å². The first-order valence-corrected chi connectivity index (χ1v) is 6.43. The van der Waals surface area contributed by atoms with Gasteiger partial charge in [-0.15, -0.1) is 0 Å². The number of ether oxygens (including phenoxy) is 1. The van der Waals surface area contributed by atoms with E-state index in [9.17, 15) is 0 Å². The van der Waals surface area contributed by atoms with Gasteiger partial charge >= 0.3 is 0 Å². The molecule has 1 aromatic carbocycles. The normalized spacial score (nSPS) is 19.9. The molecule has 0 saturated carbocycles. The van der Waals surface area contributed by atoms with E-state index < -0.39 is 0 Å². The Hall–Kier alpha value is -1.06. The standard InChI is InChI=1S/C14H22N2O/c1-12-5-2-3-6-14(12)16-9-7-13(11-16)17-10-4-8-15/h2-3,5-6,13H,4,7-11,15H2,1H3. The van der Waals surface area contributed by atoms with Crippen LogP contribution in [-0.2, 0) is 4.74 Å². The zero-order valence-corrected chi connectivity index (χ0v) is 10.6. The second kappa shape index (κ2) is 6.03. The predicted molar refractivity (Wildman–Crippen MR) is 71.4 cm³/mol. The molecule has 1 saturated heterocycles.